The van der Waals surface area contributed by atoms with Crippen LogP contribution in [0.3, 0.4) is 0 Å². The number of amides is 1. The van der Waals surface area contributed by atoms with Crippen LogP contribution in [0.1, 0.15) is 57.1 Å². The number of benzene rings is 3. The third-order valence-corrected chi connectivity index (χ3v) is 6.98. The van der Waals surface area contributed by atoms with Crippen LogP contribution in [0, 0.1) is 6.92 Å². The van der Waals surface area contributed by atoms with Crippen molar-refractivity contribution < 1.29 is 14.6 Å². The van der Waals surface area contributed by atoms with Crippen LogP contribution < -0.4 is 4.74 Å². The van der Waals surface area contributed by atoms with E-state index in [9.17, 15) is 9.90 Å². The lowest BCUT2D eigenvalue weighted by Gasteiger charge is -2.29. The first kappa shape index (κ1) is 23.1. The number of nitrogens with zero attached hydrogens (tertiary/aromatic N) is 3. The van der Waals surface area contributed by atoms with Gasteiger partial charge in [0.1, 0.15) is 17.4 Å². The number of rotatable bonds is 5. The fraction of sp³-hybridized carbons (Fsp3) is 0.310. The average Bonchev–Trinajstić information content (AvgIpc) is 3.18. The maximum Gasteiger partial charge on any atom is 0.253 e. The summed E-state index contributed by atoms with van der Waals surface area (Å²) in [4.78, 5) is 19.7. The SMILES string of the molecule is Cc1ccccc1[C@@H]1CCc2c(C(=O)N(C)C)cc3c(nc(CC(O)c4ccccc4)n3C)c2O1. The molecular weight excluding hydrogens is 438 g/mol. The van der Waals surface area contributed by atoms with Gasteiger partial charge in [-0.2, -0.15) is 0 Å². The average molecular weight is 470 g/mol. The van der Waals surface area contributed by atoms with Gasteiger partial charge in [-0.15, -0.1) is 0 Å². The Morgan fingerprint density at radius 3 is 2.60 bits per heavy atom. The van der Waals surface area contributed by atoms with E-state index in [0.717, 1.165) is 46.4 Å². The van der Waals surface area contributed by atoms with Gasteiger partial charge in [-0.05, 0) is 42.5 Å². The number of hydrogen-bond acceptors (Lipinski definition) is 4. The molecule has 1 aliphatic rings. The van der Waals surface area contributed by atoms with Gasteiger partial charge < -0.3 is 19.3 Å². The summed E-state index contributed by atoms with van der Waals surface area (Å²) < 4.78 is 8.60. The summed E-state index contributed by atoms with van der Waals surface area (Å²) in [6, 6.07) is 19.8. The molecule has 1 aliphatic heterocycles. The predicted molar refractivity (Wildman–Crippen MR) is 137 cm³/mol. The van der Waals surface area contributed by atoms with Gasteiger partial charge in [0.2, 0.25) is 0 Å². The fourth-order valence-corrected chi connectivity index (χ4v) is 4.98. The Morgan fingerprint density at radius 2 is 1.89 bits per heavy atom. The summed E-state index contributed by atoms with van der Waals surface area (Å²) in [5, 5.41) is 10.9. The molecule has 0 aliphatic carbocycles. The van der Waals surface area contributed by atoms with Crippen LogP contribution >= 0.6 is 0 Å². The van der Waals surface area contributed by atoms with Crippen LogP contribution in [0.25, 0.3) is 11.0 Å². The Morgan fingerprint density at radius 1 is 1.17 bits per heavy atom. The molecule has 4 aromatic rings. The molecule has 1 aromatic heterocycles. The summed E-state index contributed by atoms with van der Waals surface area (Å²) in [5.74, 6) is 1.38. The van der Waals surface area contributed by atoms with E-state index in [4.69, 9.17) is 9.72 Å². The number of fused-ring (bicyclic) bond motifs is 3. The van der Waals surface area contributed by atoms with E-state index in [1.807, 2.05) is 60.1 Å². The zero-order valence-corrected chi connectivity index (χ0v) is 20.7. The molecule has 5 rings (SSSR count). The second kappa shape index (κ2) is 9.19. The lowest BCUT2D eigenvalue weighted by Crippen LogP contribution is -2.25. The smallest absolute Gasteiger partial charge is 0.253 e. The quantitative estimate of drug-likeness (QED) is 0.450. The van der Waals surface area contributed by atoms with Crippen molar-refractivity contribution in [2.24, 2.45) is 7.05 Å². The summed E-state index contributed by atoms with van der Waals surface area (Å²) in [5.41, 5.74) is 6.33. The van der Waals surface area contributed by atoms with Crippen molar-refractivity contribution in [2.75, 3.05) is 14.1 Å². The molecule has 2 heterocycles. The van der Waals surface area contributed by atoms with Crippen LogP contribution in [0.4, 0.5) is 0 Å². The number of aliphatic hydroxyl groups is 1. The minimum absolute atomic E-state index is 0.0480. The highest BCUT2D eigenvalue weighted by molar-refractivity contribution is 6.01. The molecular formula is C29H31N3O3. The van der Waals surface area contributed by atoms with Gasteiger partial charge in [-0.1, -0.05) is 54.6 Å². The largest absolute Gasteiger partial charge is 0.483 e. The number of aliphatic hydroxyl groups excluding tert-OH is 1. The maximum absolute atomic E-state index is 13.1. The maximum atomic E-state index is 13.1. The monoisotopic (exact) mass is 469 g/mol. The van der Waals surface area contributed by atoms with Gasteiger partial charge in [0.05, 0.1) is 11.6 Å². The molecule has 0 saturated heterocycles. The zero-order chi connectivity index (χ0) is 24.7. The molecule has 0 bridgehead atoms. The van der Waals surface area contributed by atoms with E-state index in [1.165, 1.54) is 5.56 Å². The van der Waals surface area contributed by atoms with Crippen LogP contribution in [0.15, 0.2) is 60.7 Å². The minimum Gasteiger partial charge on any atom is -0.483 e. The number of ether oxygens (including phenoxy) is 1. The third kappa shape index (κ3) is 4.19. The lowest BCUT2D eigenvalue weighted by atomic mass is 9.91. The first-order chi connectivity index (χ1) is 16.8. The molecule has 180 valence electrons. The molecule has 1 unspecified atom stereocenters. The Labute approximate surface area is 205 Å². The Balaban J connectivity index is 1.62. The second-order valence-electron chi connectivity index (χ2n) is 9.52. The Kier molecular flexibility index (Phi) is 6.07. The van der Waals surface area contributed by atoms with Gasteiger partial charge in [0.15, 0.2) is 5.75 Å². The standard InChI is InChI=1S/C29H31N3O3/c1-18-10-8-9-13-20(18)25-15-14-21-22(29(34)31(2)3)16-23-27(28(21)35-25)30-26(32(23)4)17-24(33)19-11-6-5-7-12-19/h5-13,16,24-25,33H,14-15,17H2,1-4H3/t24?,25-/m0/s1. The third-order valence-electron chi connectivity index (χ3n) is 6.98. The number of aromatic nitrogens is 2. The highest BCUT2D eigenvalue weighted by atomic mass is 16.5. The van der Waals surface area contributed by atoms with E-state index in [2.05, 4.69) is 19.1 Å². The summed E-state index contributed by atoms with van der Waals surface area (Å²) in [6.45, 7) is 2.10. The lowest BCUT2D eigenvalue weighted by molar-refractivity contribution is 0.0823. The van der Waals surface area contributed by atoms with Gasteiger partial charge >= 0.3 is 0 Å². The Bertz CT molecular complexity index is 1390. The minimum atomic E-state index is -0.675. The molecule has 1 amide bonds. The molecule has 35 heavy (non-hydrogen) atoms. The van der Waals surface area contributed by atoms with E-state index >= 15 is 0 Å². The van der Waals surface area contributed by atoms with Crippen molar-refractivity contribution >= 4 is 16.9 Å². The molecule has 6 heteroatoms. The molecule has 3 aromatic carbocycles. The van der Waals surface area contributed by atoms with Crippen LogP contribution in [-0.2, 0) is 19.9 Å². The van der Waals surface area contributed by atoms with E-state index in [0.29, 0.717) is 17.7 Å². The van der Waals surface area contributed by atoms with Crippen molar-refractivity contribution in [3.05, 3.63) is 94.3 Å². The van der Waals surface area contributed by atoms with Crippen molar-refractivity contribution in [1.82, 2.24) is 14.5 Å². The number of carbonyl (C=O) groups is 1. The highest BCUT2D eigenvalue weighted by Crippen LogP contribution is 2.42. The van der Waals surface area contributed by atoms with Crippen molar-refractivity contribution in [3.8, 4) is 5.75 Å². The van der Waals surface area contributed by atoms with E-state index in [-0.39, 0.29) is 12.0 Å². The first-order valence-corrected chi connectivity index (χ1v) is 12.0. The predicted octanol–water partition coefficient (Wildman–Crippen LogP) is 4.93. The topological polar surface area (TPSA) is 67.6 Å². The molecule has 0 fully saturated rings. The second-order valence-corrected chi connectivity index (χ2v) is 9.52. The number of aryl methyl sites for hydroxylation is 2. The summed E-state index contributed by atoms with van der Waals surface area (Å²) in [7, 11) is 5.47. The van der Waals surface area contributed by atoms with Crippen LogP contribution in [-0.4, -0.2) is 39.6 Å². The van der Waals surface area contributed by atoms with Gasteiger partial charge in [0, 0.05) is 38.7 Å². The molecule has 6 nitrogen and oxygen atoms in total. The number of hydrogen-bond donors (Lipinski definition) is 1. The normalized spacial score (nSPS) is 16.0. The number of imidazole rings is 1. The number of carbonyl (C=O) groups excluding carboxylic acids is 1. The van der Waals surface area contributed by atoms with Gasteiger partial charge in [-0.3, -0.25) is 4.79 Å². The van der Waals surface area contributed by atoms with Crippen molar-refractivity contribution in [2.45, 2.75) is 38.4 Å². The molecule has 0 saturated carbocycles. The van der Waals surface area contributed by atoms with Gasteiger partial charge in [0.25, 0.3) is 5.91 Å². The fourth-order valence-electron chi connectivity index (χ4n) is 4.98. The van der Waals surface area contributed by atoms with Crippen molar-refractivity contribution in [3.63, 3.8) is 0 Å². The molecule has 1 N–H and O–H groups in total. The zero-order valence-electron chi connectivity index (χ0n) is 20.7. The Hall–Kier alpha value is -3.64. The molecule has 0 spiro atoms. The first-order valence-electron chi connectivity index (χ1n) is 12.0. The van der Waals surface area contributed by atoms with E-state index in [1.54, 1.807) is 19.0 Å². The summed E-state index contributed by atoms with van der Waals surface area (Å²) >= 11 is 0. The summed E-state index contributed by atoms with van der Waals surface area (Å²) in [6.07, 6.45) is 1.12. The van der Waals surface area contributed by atoms with Crippen LogP contribution in [0.5, 0.6) is 5.75 Å². The van der Waals surface area contributed by atoms with Crippen molar-refractivity contribution in [1.29, 1.82) is 0 Å². The molecule has 0 radical (unpaired) electrons. The molecule has 2 atom stereocenters. The highest BCUT2D eigenvalue weighted by Gasteiger charge is 2.31. The van der Waals surface area contributed by atoms with E-state index < -0.39 is 6.10 Å². The van der Waals surface area contributed by atoms with Gasteiger partial charge in [-0.25, -0.2) is 4.98 Å². The van der Waals surface area contributed by atoms with Crippen LogP contribution in [0.2, 0.25) is 0 Å².